The summed E-state index contributed by atoms with van der Waals surface area (Å²) in [7, 11) is 0. The number of aromatic nitrogens is 1. The number of pyridine rings is 1. The van der Waals surface area contributed by atoms with E-state index in [0.717, 1.165) is 0 Å². The second-order valence-electron chi connectivity index (χ2n) is 3.27. The highest BCUT2D eigenvalue weighted by molar-refractivity contribution is 9.10. The normalized spacial score (nSPS) is 10.1. The molecule has 0 radical (unpaired) electrons. The highest BCUT2D eigenvalue weighted by Gasteiger charge is 2.18. The van der Waals surface area contributed by atoms with Gasteiger partial charge in [-0.05, 0) is 44.0 Å². The lowest BCUT2D eigenvalue weighted by Gasteiger charge is -2.06. The molecule has 0 aliphatic carbocycles. The summed E-state index contributed by atoms with van der Waals surface area (Å²) in [5.41, 5.74) is -0.194. The molecule has 0 fully saturated rings. The molecule has 1 aromatic heterocycles. The Balaban J connectivity index is 2.41. The minimum Gasteiger partial charge on any atom is -0.432 e. The number of ether oxygens (including phenoxy) is 1. The van der Waals surface area contributed by atoms with E-state index in [0.29, 0.717) is 14.7 Å². The molecule has 18 heavy (non-hydrogen) atoms. The summed E-state index contributed by atoms with van der Waals surface area (Å²) in [6.45, 7) is 0. The van der Waals surface area contributed by atoms with Gasteiger partial charge in [-0.3, -0.25) is 10.1 Å². The summed E-state index contributed by atoms with van der Waals surface area (Å²) in [6, 6.07) is 8.40. The third-order valence-electron chi connectivity index (χ3n) is 2.04. The van der Waals surface area contributed by atoms with E-state index in [1.165, 1.54) is 12.3 Å². The van der Waals surface area contributed by atoms with Gasteiger partial charge in [0.2, 0.25) is 0 Å². The maximum atomic E-state index is 10.9. The minimum atomic E-state index is -0.538. The van der Waals surface area contributed by atoms with Crippen LogP contribution in [0.1, 0.15) is 0 Å². The third-order valence-corrected chi connectivity index (χ3v) is 3.13. The first-order chi connectivity index (χ1) is 8.58. The van der Waals surface area contributed by atoms with E-state index in [2.05, 4.69) is 36.8 Å². The fourth-order valence-electron chi connectivity index (χ4n) is 1.26. The molecule has 0 aliphatic heterocycles. The van der Waals surface area contributed by atoms with Gasteiger partial charge in [-0.15, -0.1) is 0 Å². The van der Waals surface area contributed by atoms with E-state index in [9.17, 15) is 10.1 Å². The van der Waals surface area contributed by atoms with Crippen LogP contribution in [0.3, 0.4) is 0 Å². The Hall–Kier alpha value is -1.47. The van der Waals surface area contributed by atoms with Crippen molar-refractivity contribution in [1.29, 1.82) is 0 Å². The molecule has 92 valence electrons. The van der Waals surface area contributed by atoms with Crippen molar-refractivity contribution in [1.82, 2.24) is 4.98 Å². The van der Waals surface area contributed by atoms with Gasteiger partial charge in [-0.25, -0.2) is 4.98 Å². The van der Waals surface area contributed by atoms with Crippen molar-refractivity contribution in [2.45, 2.75) is 0 Å². The molecule has 1 aromatic carbocycles. The molecule has 0 N–H and O–H groups in total. The van der Waals surface area contributed by atoms with Crippen molar-refractivity contribution in [3.05, 3.63) is 55.6 Å². The second-order valence-corrected chi connectivity index (χ2v) is 5.04. The quantitative estimate of drug-likeness (QED) is 0.594. The lowest BCUT2D eigenvalue weighted by Crippen LogP contribution is -1.96. The van der Waals surface area contributed by atoms with E-state index in [4.69, 9.17) is 4.74 Å². The molecule has 0 atom stereocenters. The van der Waals surface area contributed by atoms with Gasteiger partial charge in [0.15, 0.2) is 0 Å². The van der Waals surface area contributed by atoms with Gasteiger partial charge >= 0.3 is 5.69 Å². The van der Waals surface area contributed by atoms with Crippen LogP contribution in [0.15, 0.2) is 45.5 Å². The molecule has 7 heteroatoms. The third kappa shape index (κ3) is 2.85. The largest absolute Gasteiger partial charge is 0.432 e. The molecular formula is C11H6Br2N2O3. The fourth-order valence-corrected chi connectivity index (χ4v) is 1.94. The maximum absolute atomic E-state index is 10.9. The van der Waals surface area contributed by atoms with Gasteiger partial charge in [-0.1, -0.05) is 12.1 Å². The maximum Gasteiger partial charge on any atom is 0.332 e. The number of halogens is 2. The average molecular weight is 374 g/mol. The number of para-hydroxylation sites is 1. The van der Waals surface area contributed by atoms with Crippen LogP contribution in [-0.4, -0.2) is 9.91 Å². The monoisotopic (exact) mass is 372 g/mol. The van der Waals surface area contributed by atoms with Crippen molar-refractivity contribution in [3.63, 3.8) is 0 Å². The first kappa shape index (κ1) is 13.0. The molecule has 5 nitrogen and oxygen atoms in total. The summed E-state index contributed by atoms with van der Waals surface area (Å²) in [4.78, 5) is 14.3. The van der Waals surface area contributed by atoms with Crippen LogP contribution in [0.4, 0.5) is 5.69 Å². The average Bonchev–Trinajstić information content (AvgIpc) is 2.34. The zero-order valence-electron chi connectivity index (χ0n) is 8.84. The highest BCUT2D eigenvalue weighted by Crippen LogP contribution is 2.34. The van der Waals surface area contributed by atoms with E-state index in [-0.39, 0.29) is 11.6 Å². The minimum absolute atomic E-state index is 0.0462. The van der Waals surface area contributed by atoms with Crippen LogP contribution < -0.4 is 4.74 Å². The van der Waals surface area contributed by atoms with Crippen molar-refractivity contribution < 1.29 is 9.66 Å². The smallest absolute Gasteiger partial charge is 0.332 e. The number of nitro groups is 1. The van der Waals surface area contributed by atoms with Crippen LogP contribution in [0.2, 0.25) is 0 Å². The summed E-state index contributed by atoms with van der Waals surface area (Å²) in [5, 5.41) is 10.9. The molecule has 0 spiro atoms. The number of rotatable bonds is 3. The molecule has 0 amide bonds. The van der Waals surface area contributed by atoms with Crippen LogP contribution in [0.25, 0.3) is 0 Å². The lowest BCUT2D eigenvalue weighted by atomic mass is 10.3. The number of benzene rings is 1. The topological polar surface area (TPSA) is 65.3 Å². The summed E-state index contributed by atoms with van der Waals surface area (Å²) in [5.74, 6) is 0.422. The van der Waals surface area contributed by atoms with Gasteiger partial charge in [0.05, 0.1) is 9.40 Å². The summed E-state index contributed by atoms with van der Waals surface area (Å²) < 4.78 is 6.66. The Labute approximate surface area is 119 Å². The van der Waals surface area contributed by atoms with Crippen molar-refractivity contribution in [2.24, 2.45) is 0 Å². The Morgan fingerprint density at radius 1 is 1.28 bits per heavy atom. The van der Waals surface area contributed by atoms with Gasteiger partial charge < -0.3 is 4.74 Å². The molecule has 2 aromatic rings. The van der Waals surface area contributed by atoms with Gasteiger partial charge in [0, 0.05) is 16.7 Å². The van der Waals surface area contributed by atoms with Crippen LogP contribution in [0.5, 0.6) is 11.6 Å². The second kappa shape index (κ2) is 5.45. The molecular weight excluding hydrogens is 368 g/mol. The predicted octanol–water partition coefficient (Wildman–Crippen LogP) is 4.31. The molecule has 0 saturated carbocycles. The Kier molecular flexibility index (Phi) is 3.93. The zero-order chi connectivity index (χ0) is 13.1. The Morgan fingerprint density at radius 3 is 2.67 bits per heavy atom. The highest BCUT2D eigenvalue weighted by atomic mass is 79.9. The van der Waals surface area contributed by atoms with Crippen molar-refractivity contribution in [3.8, 4) is 11.6 Å². The Morgan fingerprint density at radius 2 is 2.00 bits per heavy atom. The van der Waals surface area contributed by atoms with Crippen molar-refractivity contribution >= 4 is 37.5 Å². The van der Waals surface area contributed by atoms with E-state index < -0.39 is 4.92 Å². The molecule has 0 unspecified atom stereocenters. The van der Waals surface area contributed by atoms with Gasteiger partial charge in [0.1, 0.15) is 5.75 Å². The molecule has 0 saturated heterocycles. The summed E-state index contributed by atoms with van der Waals surface area (Å²) >= 11 is 6.43. The fraction of sp³-hybridized carbons (Fsp3) is 0. The summed E-state index contributed by atoms with van der Waals surface area (Å²) in [6.07, 6.45) is 1.44. The number of hydrogen-bond donors (Lipinski definition) is 0. The van der Waals surface area contributed by atoms with Gasteiger partial charge in [0.25, 0.3) is 5.88 Å². The molecule has 0 aliphatic rings. The van der Waals surface area contributed by atoms with E-state index in [1.807, 2.05) is 6.07 Å². The van der Waals surface area contributed by atoms with Crippen LogP contribution in [-0.2, 0) is 0 Å². The standard InChI is InChI=1S/C11H6Br2N2O3/c12-7-5-9(15(16)17)11(14-6-7)18-10-4-2-1-3-8(10)13/h1-6H. The lowest BCUT2D eigenvalue weighted by molar-refractivity contribution is -0.386. The molecule has 2 rings (SSSR count). The van der Waals surface area contributed by atoms with Crippen molar-refractivity contribution in [2.75, 3.05) is 0 Å². The molecule has 1 heterocycles. The SMILES string of the molecule is O=[N+]([O-])c1cc(Br)cnc1Oc1ccccc1Br. The first-order valence-corrected chi connectivity index (χ1v) is 6.39. The van der Waals surface area contributed by atoms with E-state index >= 15 is 0 Å². The van der Waals surface area contributed by atoms with Gasteiger partial charge in [-0.2, -0.15) is 0 Å². The number of nitrogens with zero attached hydrogens (tertiary/aromatic N) is 2. The van der Waals surface area contributed by atoms with E-state index in [1.54, 1.807) is 18.2 Å². The number of hydrogen-bond acceptors (Lipinski definition) is 4. The Bertz CT molecular complexity index is 605. The predicted molar refractivity (Wildman–Crippen MR) is 72.8 cm³/mol. The first-order valence-electron chi connectivity index (χ1n) is 4.80. The van der Waals surface area contributed by atoms with Crippen LogP contribution in [0, 0.1) is 10.1 Å². The molecule has 0 bridgehead atoms. The zero-order valence-corrected chi connectivity index (χ0v) is 12.0. The van der Waals surface area contributed by atoms with Crippen LogP contribution >= 0.6 is 31.9 Å².